The van der Waals surface area contributed by atoms with Gasteiger partial charge in [0.1, 0.15) is 0 Å². The molecule has 0 atom stereocenters. The van der Waals surface area contributed by atoms with Crippen LogP contribution < -0.4 is 5.32 Å². The molecule has 0 aliphatic carbocycles. The second kappa shape index (κ2) is 5.22. The predicted octanol–water partition coefficient (Wildman–Crippen LogP) is 2.74. The van der Waals surface area contributed by atoms with E-state index in [4.69, 9.17) is 0 Å². The Kier molecular flexibility index (Phi) is 3.47. The van der Waals surface area contributed by atoms with Crippen LogP contribution in [-0.2, 0) is 6.54 Å². The largest absolute Gasteiger partial charge is 0.379 e. The topological polar surface area (TPSA) is 68.1 Å². The number of pyridine rings is 1. The number of hydrogen-bond donors (Lipinski definition) is 1. The highest BCUT2D eigenvalue weighted by Crippen LogP contribution is 2.15. The first kappa shape index (κ1) is 12.0. The third-order valence-corrected chi connectivity index (χ3v) is 2.40. The summed E-state index contributed by atoms with van der Waals surface area (Å²) < 4.78 is 13.2. The lowest BCUT2D eigenvalue weighted by Gasteiger charge is -2.06. The fourth-order valence-corrected chi connectivity index (χ4v) is 1.45. The van der Waals surface area contributed by atoms with Crippen LogP contribution in [0.15, 0.2) is 42.7 Å². The molecular weight excluding hydrogens is 237 g/mol. The quantitative estimate of drug-likeness (QED) is 0.666. The number of nitro groups is 1. The summed E-state index contributed by atoms with van der Waals surface area (Å²) in [5, 5.41) is 13.4. The Labute approximate surface area is 102 Å². The SMILES string of the molecule is O=[N+]([O-])c1ccc(CNc2ccncc2F)cc1. The Morgan fingerprint density at radius 2 is 2.00 bits per heavy atom. The first-order valence-electron chi connectivity index (χ1n) is 5.23. The van der Waals surface area contributed by atoms with Crippen molar-refractivity contribution in [3.63, 3.8) is 0 Å². The molecule has 0 fully saturated rings. The van der Waals surface area contributed by atoms with Gasteiger partial charge in [0, 0.05) is 24.9 Å². The van der Waals surface area contributed by atoms with Crippen molar-refractivity contribution in [1.82, 2.24) is 4.98 Å². The molecule has 6 heteroatoms. The standard InChI is InChI=1S/C12H10FN3O2/c13-11-8-14-6-5-12(11)15-7-9-1-3-10(4-2-9)16(17)18/h1-6,8H,7H2,(H,14,15). The number of benzene rings is 1. The molecule has 1 heterocycles. The number of hydrogen-bond acceptors (Lipinski definition) is 4. The van der Waals surface area contributed by atoms with Crippen molar-refractivity contribution >= 4 is 11.4 Å². The molecule has 0 amide bonds. The smallest absolute Gasteiger partial charge is 0.269 e. The second-order valence-corrected chi connectivity index (χ2v) is 3.63. The van der Waals surface area contributed by atoms with Crippen LogP contribution in [0.3, 0.4) is 0 Å². The molecule has 1 N–H and O–H groups in total. The number of nitrogens with one attached hydrogen (secondary N) is 1. The van der Waals surface area contributed by atoms with E-state index in [2.05, 4.69) is 10.3 Å². The maximum Gasteiger partial charge on any atom is 0.269 e. The van der Waals surface area contributed by atoms with E-state index in [1.54, 1.807) is 12.1 Å². The first-order chi connectivity index (χ1) is 8.66. The van der Waals surface area contributed by atoms with Crippen LogP contribution in [0.25, 0.3) is 0 Å². The van der Waals surface area contributed by atoms with E-state index in [-0.39, 0.29) is 5.69 Å². The zero-order valence-corrected chi connectivity index (χ0v) is 9.34. The molecular formula is C12H10FN3O2. The lowest BCUT2D eigenvalue weighted by Crippen LogP contribution is -2.01. The van der Waals surface area contributed by atoms with Gasteiger partial charge in [0.2, 0.25) is 0 Å². The number of aromatic nitrogens is 1. The van der Waals surface area contributed by atoms with Crippen LogP contribution in [0.4, 0.5) is 15.8 Å². The van der Waals surface area contributed by atoms with E-state index in [9.17, 15) is 14.5 Å². The monoisotopic (exact) mass is 247 g/mol. The Morgan fingerprint density at radius 1 is 1.28 bits per heavy atom. The molecule has 0 aliphatic rings. The summed E-state index contributed by atoms with van der Waals surface area (Å²) in [5.41, 5.74) is 1.22. The van der Waals surface area contributed by atoms with E-state index in [0.717, 1.165) is 11.8 Å². The lowest BCUT2D eigenvalue weighted by atomic mass is 10.2. The number of rotatable bonds is 4. The van der Waals surface area contributed by atoms with Gasteiger partial charge in [0.15, 0.2) is 5.82 Å². The fraction of sp³-hybridized carbons (Fsp3) is 0.0833. The number of anilines is 1. The molecule has 2 rings (SSSR count). The minimum Gasteiger partial charge on any atom is -0.379 e. The molecule has 18 heavy (non-hydrogen) atoms. The summed E-state index contributed by atoms with van der Waals surface area (Å²) in [7, 11) is 0. The number of nitro benzene ring substituents is 1. The number of halogens is 1. The maximum absolute atomic E-state index is 13.2. The van der Waals surface area contributed by atoms with Gasteiger partial charge in [-0.15, -0.1) is 0 Å². The average molecular weight is 247 g/mol. The van der Waals surface area contributed by atoms with Crippen LogP contribution in [0, 0.1) is 15.9 Å². The highest BCUT2D eigenvalue weighted by atomic mass is 19.1. The van der Waals surface area contributed by atoms with Gasteiger partial charge in [0.25, 0.3) is 5.69 Å². The molecule has 0 bridgehead atoms. The van der Waals surface area contributed by atoms with Crippen LogP contribution in [-0.4, -0.2) is 9.91 Å². The summed E-state index contributed by atoms with van der Waals surface area (Å²) in [5.74, 6) is -0.431. The Bertz CT molecular complexity index is 558. The van der Waals surface area contributed by atoms with E-state index >= 15 is 0 Å². The molecule has 0 radical (unpaired) electrons. The van der Waals surface area contributed by atoms with Crippen molar-refractivity contribution in [1.29, 1.82) is 0 Å². The van der Waals surface area contributed by atoms with E-state index in [1.807, 2.05) is 0 Å². The van der Waals surface area contributed by atoms with Gasteiger partial charge < -0.3 is 5.32 Å². The van der Waals surface area contributed by atoms with Crippen molar-refractivity contribution in [2.45, 2.75) is 6.54 Å². The van der Waals surface area contributed by atoms with E-state index in [1.165, 1.54) is 24.4 Å². The van der Waals surface area contributed by atoms with Crippen LogP contribution in [0.1, 0.15) is 5.56 Å². The van der Waals surface area contributed by atoms with E-state index in [0.29, 0.717) is 12.2 Å². The van der Waals surface area contributed by atoms with Gasteiger partial charge in [0.05, 0.1) is 16.8 Å². The normalized spacial score (nSPS) is 10.1. The predicted molar refractivity (Wildman–Crippen MR) is 64.6 cm³/mol. The molecule has 0 unspecified atom stereocenters. The number of nitrogens with zero attached hydrogens (tertiary/aromatic N) is 2. The molecule has 0 saturated heterocycles. The molecule has 0 spiro atoms. The molecule has 2 aromatic rings. The van der Waals surface area contributed by atoms with Gasteiger partial charge >= 0.3 is 0 Å². The van der Waals surface area contributed by atoms with Gasteiger partial charge in [-0.3, -0.25) is 15.1 Å². The minimum atomic E-state index is -0.459. The molecule has 0 aliphatic heterocycles. The summed E-state index contributed by atoms with van der Waals surface area (Å²) in [6, 6.07) is 7.62. The minimum absolute atomic E-state index is 0.0360. The van der Waals surface area contributed by atoms with Crippen molar-refractivity contribution in [3.05, 3.63) is 64.2 Å². The third kappa shape index (κ3) is 2.79. The fourth-order valence-electron chi connectivity index (χ4n) is 1.45. The zero-order chi connectivity index (χ0) is 13.0. The zero-order valence-electron chi connectivity index (χ0n) is 9.34. The van der Waals surface area contributed by atoms with Crippen LogP contribution in [0.5, 0.6) is 0 Å². The second-order valence-electron chi connectivity index (χ2n) is 3.63. The lowest BCUT2D eigenvalue weighted by molar-refractivity contribution is -0.384. The van der Waals surface area contributed by atoms with Crippen LogP contribution in [0.2, 0.25) is 0 Å². The van der Waals surface area contributed by atoms with Crippen molar-refractivity contribution in [2.24, 2.45) is 0 Å². The Hall–Kier alpha value is -2.50. The number of non-ortho nitro benzene ring substituents is 1. The summed E-state index contributed by atoms with van der Waals surface area (Å²) in [4.78, 5) is 13.7. The van der Waals surface area contributed by atoms with Crippen molar-refractivity contribution in [3.8, 4) is 0 Å². The van der Waals surface area contributed by atoms with Crippen LogP contribution >= 0.6 is 0 Å². The Balaban J connectivity index is 2.02. The van der Waals surface area contributed by atoms with E-state index < -0.39 is 10.7 Å². The van der Waals surface area contributed by atoms with Crippen molar-refractivity contribution in [2.75, 3.05) is 5.32 Å². The summed E-state index contributed by atoms with van der Waals surface area (Å²) >= 11 is 0. The third-order valence-electron chi connectivity index (χ3n) is 2.40. The molecule has 0 saturated carbocycles. The highest BCUT2D eigenvalue weighted by molar-refractivity contribution is 5.44. The molecule has 1 aromatic carbocycles. The molecule has 5 nitrogen and oxygen atoms in total. The summed E-state index contributed by atoms with van der Waals surface area (Å²) in [6.07, 6.45) is 2.61. The highest BCUT2D eigenvalue weighted by Gasteiger charge is 2.04. The maximum atomic E-state index is 13.2. The molecule has 1 aromatic heterocycles. The summed E-state index contributed by atoms with van der Waals surface area (Å²) in [6.45, 7) is 0.388. The average Bonchev–Trinajstić information content (AvgIpc) is 2.38. The van der Waals surface area contributed by atoms with Crippen molar-refractivity contribution < 1.29 is 9.31 Å². The van der Waals surface area contributed by atoms with Gasteiger partial charge in [-0.1, -0.05) is 12.1 Å². The van der Waals surface area contributed by atoms with Gasteiger partial charge in [-0.25, -0.2) is 4.39 Å². The van der Waals surface area contributed by atoms with Gasteiger partial charge in [-0.2, -0.15) is 0 Å². The Morgan fingerprint density at radius 3 is 2.61 bits per heavy atom. The van der Waals surface area contributed by atoms with Gasteiger partial charge in [-0.05, 0) is 11.6 Å². The molecule has 92 valence electrons. The first-order valence-corrected chi connectivity index (χ1v) is 5.23.